The maximum Gasteiger partial charge on any atom is 0.236 e. The van der Waals surface area contributed by atoms with Crippen molar-refractivity contribution < 1.29 is 9.32 Å². The minimum absolute atomic E-state index is 0.0207. The number of aromatic nitrogens is 2. The zero-order valence-corrected chi connectivity index (χ0v) is 10.5. The number of hydrogen-bond acceptors (Lipinski definition) is 5. The van der Waals surface area contributed by atoms with Crippen molar-refractivity contribution in [3.8, 4) is 0 Å². The van der Waals surface area contributed by atoms with Crippen molar-refractivity contribution in [3.05, 3.63) is 24.0 Å². The van der Waals surface area contributed by atoms with Gasteiger partial charge in [-0.15, -0.1) is 0 Å². The average Bonchev–Trinajstić information content (AvgIpc) is 2.90. The normalized spacial score (nSPS) is 23.4. The predicted molar refractivity (Wildman–Crippen MR) is 68.8 cm³/mol. The molecule has 0 spiro atoms. The molecule has 0 saturated heterocycles. The van der Waals surface area contributed by atoms with E-state index in [1.807, 2.05) is 12.1 Å². The van der Waals surface area contributed by atoms with Crippen LogP contribution in [0.25, 0.3) is 11.1 Å². The zero-order chi connectivity index (χ0) is 13.2. The van der Waals surface area contributed by atoms with E-state index in [-0.39, 0.29) is 11.8 Å². The molecule has 3 rings (SSSR count). The molecule has 0 aromatic carbocycles. The molecule has 1 aliphatic rings. The largest absolute Gasteiger partial charge is 0.354 e. The molecule has 0 atom stereocenters. The van der Waals surface area contributed by atoms with E-state index in [9.17, 15) is 4.79 Å². The third-order valence-corrected chi connectivity index (χ3v) is 3.88. The summed E-state index contributed by atoms with van der Waals surface area (Å²) in [5, 5.41) is 4.15. The van der Waals surface area contributed by atoms with Gasteiger partial charge in [0.2, 0.25) is 5.91 Å². The first-order valence-corrected chi connectivity index (χ1v) is 6.50. The SMILES string of the molecule is NNC(=O)C1CCC(c2noc3cccnc23)CC1. The number of rotatable bonds is 2. The summed E-state index contributed by atoms with van der Waals surface area (Å²) in [4.78, 5) is 15.8. The third-order valence-electron chi connectivity index (χ3n) is 3.88. The van der Waals surface area contributed by atoms with Crippen LogP contribution < -0.4 is 11.3 Å². The quantitative estimate of drug-likeness (QED) is 0.484. The number of nitrogens with two attached hydrogens (primary N) is 1. The molecule has 19 heavy (non-hydrogen) atoms. The molecular formula is C13H16N4O2. The number of amides is 1. The van der Waals surface area contributed by atoms with E-state index in [2.05, 4.69) is 15.6 Å². The van der Waals surface area contributed by atoms with Crippen LogP contribution in [0, 0.1) is 5.92 Å². The van der Waals surface area contributed by atoms with Crippen molar-refractivity contribution in [1.82, 2.24) is 15.6 Å². The Morgan fingerprint density at radius 2 is 2.16 bits per heavy atom. The van der Waals surface area contributed by atoms with Crippen LogP contribution in [0.15, 0.2) is 22.9 Å². The summed E-state index contributed by atoms with van der Waals surface area (Å²) in [6.07, 6.45) is 5.23. The second-order valence-corrected chi connectivity index (χ2v) is 4.98. The molecule has 2 aromatic heterocycles. The maximum absolute atomic E-state index is 11.5. The highest BCUT2D eigenvalue weighted by molar-refractivity contribution is 5.78. The summed E-state index contributed by atoms with van der Waals surface area (Å²) in [5.74, 6) is 5.44. The fourth-order valence-corrected chi connectivity index (χ4v) is 2.81. The second kappa shape index (κ2) is 4.97. The minimum Gasteiger partial charge on any atom is -0.354 e. The Balaban J connectivity index is 1.77. The van der Waals surface area contributed by atoms with Crippen LogP contribution in [0.3, 0.4) is 0 Å². The molecule has 0 radical (unpaired) electrons. The number of carbonyl (C=O) groups is 1. The molecule has 2 aromatic rings. The number of pyridine rings is 1. The Morgan fingerprint density at radius 3 is 2.89 bits per heavy atom. The highest BCUT2D eigenvalue weighted by atomic mass is 16.5. The summed E-state index contributed by atoms with van der Waals surface area (Å²) in [6, 6.07) is 3.70. The molecule has 1 saturated carbocycles. The Kier molecular flexibility index (Phi) is 3.16. The van der Waals surface area contributed by atoms with Crippen molar-refractivity contribution in [3.63, 3.8) is 0 Å². The summed E-state index contributed by atoms with van der Waals surface area (Å²) in [7, 11) is 0. The standard InChI is InChI=1S/C13H16N4O2/c14-16-13(18)9-5-3-8(4-6-9)11-12-10(19-17-11)2-1-7-15-12/h1-2,7-9H,3-6,14H2,(H,16,18). The first-order chi connectivity index (χ1) is 9.29. The van der Waals surface area contributed by atoms with Crippen LogP contribution >= 0.6 is 0 Å². The van der Waals surface area contributed by atoms with Crippen LogP contribution in [-0.2, 0) is 4.79 Å². The van der Waals surface area contributed by atoms with E-state index in [4.69, 9.17) is 10.4 Å². The van der Waals surface area contributed by atoms with Crippen LogP contribution in [0.4, 0.5) is 0 Å². The van der Waals surface area contributed by atoms with Crippen molar-refractivity contribution >= 4 is 17.0 Å². The fraction of sp³-hybridized carbons (Fsp3) is 0.462. The second-order valence-electron chi connectivity index (χ2n) is 4.98. The van der Waals surface area contributed by atoms with Crippen molar-refractivity contribution in [2.75, 3.05) is 0 Å². The lowest BCUT2D eigenvalue weighted by Gasteiger charge is -2.25. The van der Waals surface area contributed by atoms with Gasteiger partial charge >= 0.3 is 0 Å². The topological polar surface area (TPSA) is 94.0 Å². The smallest absolute Gasteiger partial charge is 0.236 e. The van der Waals surface area contributed by atoms with Crippen LogP contribution in [0.5, 0.6) is 0 Å². The van der Waals surface area contributed by atoms with Gasteiger partial charge in [0.1, 0.15) is 11.2 Å². The van der Waals surface area contributed by atoms with Crippen LogP contribution in [0.2, 0.25) is 0 Å². The van der Waals surface area contributed by atoms with Gasteiger partial charge in [-0.3, -0.25) is 15.2 Å². The predicted octanol–water partition coefficient (Wildman–Crippen LogP) is 1.49. The molecule has 0 aliphatic heterocycles. The number of carbonyl (C=O) groups excluding carboxylic acids is 1. The van der Waals surface area contributed by atoms with Gasteiger partial charge in [-0.2, -0.15) is 0 Å². The summed E-state index contributed by atoms with van der Waals surface area (Å²) in [6.45, 7) is 0. The molecule has 100 valence electrons. The first kappa shape index (κ1) is 12.1. The Morgan fingerprint density at radius 1 is 1.37 bits per heavy atom. The van der Waals surface area contributed by atoms with E-state index in [0.29, 0.717) is 5.92 Å². The van der Waals surface area contributed by atoms with E-state index < -0.39 is 0 Å². The van der Waals surface area contributed by atoms with Gasteiger partial charge < -0.3 is 4.52 Å². The number of nitrogens with zero attached hydrogens (tertiary/aromatic N) is 2. The monoisotopic (exact) mass is 260 g/mol. The Bertz CT molecular complexity index is 587. The van der Waals surface area contributed by atoms with Gasteiger partial charge in [0.25, 0.3) is 0 Å². The number of nitrogens with one attached hydrogen (secondary N) is 1. The Hall–Kier alpha value is -1.95. The van der Waals surface area contributed by atoms with Gasteiger partial charge in [0.05, 0.1) is 0 Å². The van der Waals surface area contributed by atoms with Gasteiger partial charge in [0.15, 0.2) is 5.58 Å². The van der Waals surface area contributed by atoms with Gasteiger partial charge in [-0.25, -0.2) is 5.84 Å². The first-order valence-electron chi connectivity index (χ1n) is 6.50. The maximum atomic E-state index is 11.5. The molecule has 3 N–H and O–H groups in total. The van der Waals surface area contributed by atoms with Gasteiger partial charge in [-0.1, -0.05) is 5.16 Å². The molecule has 0 bridgehead atoms. The lowest BCUT2D eigenvalue weighted by atomic mass is 9.80. The van der Waals surface area contributed by atoms with E-state index in [1.165, 1.54) is 0 Å². The summed E-state index contributed by atoms with van der Waals surface area (Å²) >= 11 is 0. The number of hydrogen-bond donors (Lipinski definition) is 2. The van der Waals surface area contributed by atoms with E-state index in [1.54, 1.807) is 6.20 Å². The van der Waals surface area contributed by atoms with Crippen LogP contribution in [-0.4, -0.2) is 16.0 Å². The van der Waals surface area contributed by atoms with Crippen molar-refractivity contribution in [2.24, 2.45) is 11.8 Å². The van der Waals surface area contributed by atoms with Crippen LogP contribution in [0.1, 0.15) is 37.3 Å². The van der Waals surface area contributed by atoms with Gasteiger partial charge in [-0.05, 0) is 37.8 Å². The summed E-state index contributed by atoms with van der Waals surface area (Å²) < 4.78 is 5.29. The molecular weight excluding hydrogens is 244 g/mol. The average molecular weight is 260 g/mol. The molecule has 1 aliphatic carbocycles. The fourth-order valence-electron chi connectivity index (χ4n) is 2.81. The molecule has 2 heterocycles. The Labute approximate surface area is 110 Å². The molecule has 6 heteroatoms. The minimum atomic E-state index is -0.0680. The van der Waals surface area contributed by atoms with Crippen molar-refractivity contribution in [2.45, 2.75) is 31.6 Å². The highest BCUT2D eigenvalue weighted by Crippen LogP contribution is 2.37. The molecule has 6 nitrogen and oxygen atoms in total. The number of fused-ring (bicyclic) bond motifs is 1. The number of hydrazine groups is 1. The molecule has 0 unspecified atom stereocenters. The van der Waals surface area contributed by atoms with E-state index >= 15 is 0 Å². The third kappa shape index (κ3) is 2.19. The molecule has 1 fully saturated rings. The molecule has 1 amide bonds. The highest BCUT2D eigenvalue weighted by Gasteiger charge is 2.29. The summed E-state index contributed by atoms with van der Waals surface area (Å²) in [5.41, 5.74) is 4.71. The lowest BCUT2D eigenvalue weighted by molar-refractivity contribution is -0.126. The van der Waals surface area contributed by atoms with E-state index in [0.717, 1.165) is 42.5 Å². The zero-order valence-electron chi connectivity index (χ0n) is 10.5. The van der Waals surface area contributed by atoms with Gasteiger partial charge in [0, 0.05) is 18.0 Å². The lowest BCUT2D eigenvalue weighted by Crippen LogP contribution is -2.37. The van der Waals surface area contributed by atoms with Crippen molar-refractivity contribution in [1.29, 1.82) is 0 Å².